The van der Waals surface area contributed by atoms with Crippen LogP contribution in [0.2, 0.25) is 0 Å². The van der Waals surface area contributed by atoms with Gasteiger partial charge in [0.1, 0.15) is 0 Å². The van der Waals surface area contributed by atoms with E-state index in [1.165, 1.54) is 11.8 Å². The van der Waals surface area contributed by atoms with Crippen LogP contribution >= 0.6 is 11.8 Å². The molecule has 26 heavy (non-hydrogen) atoms. The van der Waals surface area contributed by atoms with Crippen LogP contribution in [0.5, 0.6) is 0 Å². The third-order valence-electron chi connectivity index (χ3n) is 4.23. The third-order valence-corrected chi connectivity index (χ3v) is 5.14. The molecule has 7 heteroatoms. The summed E-state index contributed by atoms with van der Waals surface area (Å²) in [5.41, 5.74) is 3.26. The Morgan fingerprint density at radius 3 is 2.50 bits per heavy atom. The van der Waals surface area contributed by atoms with Gasteiger partial charge in [-0.25, -0.2) is 9.79 Å². The van der Waals surface area contributed by atoms with Crippen LogP contribution in [0.4, 0.5) is 5.69 Å². The van der Waals surface area contributed by atoms with Crippen molar-refractivity contribution in [1.29, 1.82) is 0 Å². The molecule has 1 fully saturated rings. The Balaban J connectivity index is 1.67. The number of benzene rings is 2. The molecule has 1 aliphatic heterocycles. The van der Waals surface area contributed by atoms with Crippen LogP contribution in [0.25, 0.3) is 17.1 Å². The number of aromatic nitrogens is 2. The highest BCUT2D eigenvalue weighted by atomic mass is 32.2. The minimum Gasteiger partial charge on any atom is -0.300 e. The summed E-state index contributed by atoms with van der Waals surface area (Å²) in [5.74, 6) is -0.174. The molecule has 0 unspecified atom stereocenters. The van der Waals surface area contributed by atoms with Crippen molar-refractivity contribution in [3.63, 3.8) is 0 Å². The maximum absolute atomic E-state index is 12.2. The van der Waals surface area contributed by atoms with E-state index in [9.17, 15) is 9.59 Å². The zero-order valence-corrected chi connectivity index (χ0v) is 15.1. The minimum absolute atomic E-state index is 0.0740. The van der Waals surface area contributed by atoms with Gasteiger partial charge in [-0.05, 0) is 47.7 Å². The largest absolute Gasteiger partial charge is 0.328 e. The van der Waals surface area contributed by atoms with Crippen LogP contribution in [0, 0.1) is 0 Å². The Morgan fingerprint density at radius 2 is 1.73 bits per heavy atom. The molecule has 0 bridgehead atoms. The summed E-state index contributed by atoms with van der Waals surface area (Å²) in [6.07, 6.45) is 1.81. The molecule has 0 spiro atoms. The van der Waals surface area contributed by atoms with Crippen LogP contribution in [0.15, 0.2) is 63.2 Å². The van der Waals surface area contributed by atoms with Crippen molar-refractivity contribution in [2.24, 2.45) is 19.1 Å². The zero-order valence-electron chi connectivity index (χ0n) is 14.3. The first-order valence-electron chi connectivity index (χ1n) is 8.03. The molecule has 6 nitrogen and oxygen atoms in total. The molecule has 1 aliphatic rings. The molecule has 2 aromatic carbocycles. The van der Waals surface area contributed by atoms with Crippen molar-refractivity contribution in [3.8, 4) is 0 Å². The second-order valence-corrected chi connectivity index (χ2v) is 7.00. The first kappa shape index (κ1) is 16.4. The molecule has 4 rings (SSSR count). The van der Waals surface area contributed by atoms with Crippen molar-refractivity contribution in [3.05, 3.63) is 69.5 Å². The molecule has 1 N–H and O–H groups in total. The van der Waals surface area contributed by atoms with Crippen molar-refractivity contribution >= 4 is 45.6 Å². The van der Waals surface area contributed by atoms with E-state index < -0.39 is 0 Å². The molecule has 3 aromatic rings. The molecule has 2 heterocycles. The maximum atomic E-state index is 12.2. The number of carbonyl (C=O) groups is 1. The minimum atomic E-state index is -0.174. The summed E-state index contributed by atoms with van der Waals surface area (Å²) in [7, 11) is 3.48. The summed E-state index contributed by atoms with van der Waals surface area (Å²) >= 11 is 1.30. The standard InChI is InChI=1S/C19H16N4O2S/c1-22-14-9-8-12(10-15(14)23(2)19(22)25)11-16-17(24)21-18(26-16)20-13-6-4-3-5-7-13/h3-11H,1-2H3,(H,20,21,24)/b16-11-. The molecular formula is C19H16N4O2S. The van der Waals surface area contributed by atoms with Crippen molar-refractivity contribution < 1.29 is 4.79 Å². The Bertz CT molecular complexity index is 1140. The average Bonchev–Trinajstić information content (AvgIpc) is 3.08. The number of nitrogens with zero attached hydrogens (tertiary/aromatic N) is 3. The fourth-order valence-corrected chi connectivity index (χ4v) is 3.71. The van der Waals surface area contributed by atoms with E-state index in [0.29, 0.717) is 10.1 Å². The lowest BCUT2D eigenvalue weighted by atomic mass is 10.2. The average molecular weight is 364 g/mol. The number of para-hydroxylation sites is 1. The van der Waals surface area contributed by atoms with Crippen LogP contribution in [0.1, 0.15) is 5.56 Å². The lowest BCUT2D eigenvalue weighted by Crippen LogP contribution is -2.19. The predicted molar refractivity (Wildman–Crippen MR) is 105 cm³/mol. The molecular weight excluding hydrogens is 348 g/mol. The van der Waals surface area contributed by atoms with E-state index in [-0.39, 0.29) is 11.6 Å². The Labute approximate surface area is 153 Å². The van der Waals surface area contributed by atoms with Gasteiger partial charge in [-0.3, -0.25) is 13.9 Å². The molecule has 1 saturated heterocycles. The van der Waals surface area contributed by atoms with Crippen LogP contribution in [-0.4, -0.2) is 20.2 Å². The number of aryl methyl sites for hydroxylation is 2. The maximum Gasteiger partial charge on any atom is 0.328 e. The van der Waals surface area contributed by atoms with Gasteiger partial charge in [0.2, 0.25) is 0 Å². The van der Waals surface area contributed by atoms with Gasteiger partial charge in [0, 0.05) is 14.1 Å². The number of imidazole rings is 1. The molecule has 130 valence electrons. The summed E-state index contributed by atoms with van der Waals surface area (Å²) in [6, 6.07) is 15.2. The Kier molecular flexibility index (Phi) is 4.00. The first-order valence-corrected chi connectivity index (χ1v) is 8.85. The number of fused-ring (bicyclic) bond motifs is 1. The second kappa shape index (κ2) is 6.34. The van der Waals surface area contributed by atoms with Gasteiger partial charge in [0.15, 0.2) is 5.17 Å². The molecule has 0 radical (unpaired) electrons. The van der Waals surface area contributed by atoms with Gasteiger partial charge in [-0.15, -0.1) is 0 Å². The van der Waals surface area contributed by atoms with Gasteiger partial charge in [-0.1, -0.05) is 24.3 Å². The van der Waals surface area contributed by atoms with Gasteiger partial charge in [-0.2, -0.15) is 0 Å². The fourth-order valence-electron chi connectivity index (χ4n) is 2.87. The van der Waals surface area contributed by atoms with Crippen LogP contribution < -0.4 is 11.0 Å². The molecule has 0 aliphatic carbocycles. The van der Waals surface area contributed by atoms with E-state index >= 15 is 0 Å². The third kappa shape index (κ3) is 2.86. The van der Waals surface area contributed by atoms with Crippen LogP contribution in [0.3, 0.4) is 0 Å². The number of hydrogen-bond acceptors (Lipinski definition) is 4. The van der Waals surface area contributed by atoms with E-state index in [1.54, 1.807) is 23.2 Å². The highest BCUT2D eigenvalue weighted by Gasteiger charge is 2.23. The molecule has 1 aromatic heterocycles. The van der Waals surface area contributed by atoms with Crippen LogP contribution in [-0.2, 0) is 18.9 Å². The highest BCUT2D eigenvalue weighted by molar-refractivity contribution is 8.18. The van der Waals surface area contributed by atoms with E-state index in [0.717, 1.165) is 22.3 Å². The SMILES string of the molecule is Cn1c(=O)n(C)c2cc(/C=C3\SC(=Nc4ccccc4)NC3=O)ccc21. The highest BCUT2D eigenvalue weighted by Crippen LogP contribution is 2.28. The number of carbonyl (C=O) groups excluding carboxylic acids is 1. The van der Waals surface area contributed by atoms with E-state index in [4.69, 9.17) is 0 Å². The van der Waals surface area contributed by atoms with Gasteiger partial charge in [0.25, 0.3) is 5.91 Å². The number of thioether (sulfide) groups is 1. The van der Waals surface area contributed by atoms with Crippen molar-refractivity contribution in [1.82, 2.24) is 14.5 Å². The van der Waals surface area contributed by atoms with E-state index in [2.05, 4.69) is 10.3 Å². The summed E-state index contributed by atoms with van der Waals surface area (Å²) in [4.78, 5) is 29.3. The quantitative estimate of drug-likeness (QED) is 0.711. The van der Waals surface area contributed by atoms with Crippen molar-refractivity contribution in [2.75, 3.05) is 0 Å². The number of rotatable bonds is 2. The lowest BCUT2D eigenvalue weighted by Gasteiger charge is -1.98. The lowest BCUT2D eigenvalue weighted by molar-refractivity contribution is -0.115. The normalized spacial score (nSPS) is 17.4. The summed E-state index contributed by atoms with van der Waals surface area (Å²) < 4.78 is 3.20. The Hall–Kier alpha value is -3.06. The summed E-state index contributed by atoms with van der Waals surface area (Å²) in [6.45, 7) is 0. The smallest absolute Gasteiger partial charge is 0.300 e. The predicted octanol–water partition coefficient (Wildman–Crippen LogP) is 2.77. The Morgan fingerprint density at radius 1 is 1.00 bits per heavy atom. The van der Waals surface area contributed by atoms with Gasteiger partial charge in [0.05, 0.1) is 21.6 Å². The number of amidine groups is 1. The van der Waals surface area contributed by atoms with Gasteiger partial charge < -0.3 is 5.32 Å². The number of amides is 1. The topological polar surface area (TPSA) is 68.4 Å². The van der Waals surface area contributed by atoms with Gasteiger partial charge >= 0.3 is 5.69 Å². The first-order chi connectivity index (χ1) is 12.5. The monoisotopic (exact) mass is 364 g/mol. The van der Waals surface area contributed by atoms with Crippen molar-refractivity contribution in [2.45, 2.75) is 0 Å². The van der Waals surface area contributed by atoms with E-state index in [1.807, 2.05) is 54.6 Å². The second-order valence-electron chi connectivity index (χ2n) is 5.97. The molecule has 0 atom stereocenters. The number of aliphatic imine (C=N–C) groups is 1. The fraction of sp³-hybridized carbons (Fsp3) is 0.105. The zero-order chi connectivity index (χ0) is 18.3. The number of hydrogen-bond donors (Lipinski definition) is 1. The summed E-state index contributed by atoms with van der Waals surface area (Å²) in [5, 5.41) is 3.34. The molecule has 1 amide bonds. The molecule has 0 saturated carbocycles. The number of nitrogens with one attached hydrogen (secondary N) is 1.